The minimum absolute atomic E-state index is 0.188. The molecule has 1 amide bonds. The van der Waals surface area contributed by atoms with Crippen LogP contribution >= 0.6 is 12.6 Å². The largest absolute Gasteiger partial charge is 0.371 e. The number of amides is 1. The van der Waals surface area contributed by atoms with E-state index in [2.05, 4.69) is 29.7 Å². The molecule has 0 radical (unpaired) electrons. The van der Waals surface area contributed by atoms with Crippen LogP contribution < -0.4 is 0 Å². The number of likely N-dealkylation sites (tertiary alicyclic amines) is 1. The smallest absolute Gasteiger partial charge is 0.223 e. The number of nitrogens with zero attached hydrogens (tertiary/aromatic N) is 1. The predicted molar refractivity (Wildman–Crippen MR) is 86.3 cm³/mol. The van der Waals surface area contributed by atoms with Crippen molar-refractivity contribution in [1.82, 2.24) is 4.90 Å². The van der Waals surface area contributed by atoms with Gasteiger partial charge < -0.3 is 9.64 Å². The van der Waals surface area contributed by atoms with Crippen LogP contribution in [-0.4, -0.2) is 35.3 Å². The normalized spacial score (nSPS) is 29.3. The van der Waals surface area contributed by atoms with Gasteiger partial charge in [0.25, 0.3) is 0 Å². The molecule has 21 heavy (non-hydrogen) atoms. The molecule has 1 aliphatic heterocycles. The average Bonchev–Trinajstić information content (AvgIpc) is 3.12. The molecular formula is C17H23NO2S. The van der Waals surface area contributed by atoms with E-state index in [1.807, 2.05) is 18.2 Å². The summed E-state index contributed by atoms with van der Waals surface area (Å²) in [5, 5.41) is 0. The number of carbonyl (C=O) groups is 1. The lowest BCUT2D eigenvalue weighted by Crippen LogP contribution is -2.42. The first kappa shape index (κ1) is 14.9. The first-order valence-corrected chi connectivity index (χ1v) is 8.47. The van der Waals surface area contributed by atoms with Gasteiger partial charge in [0.15, 0.2) is 0 Å². The highest BCUT2D eigenvalue weighted by atomic mass is 32.1. The van der Waals surface area contributed by atoms with Crippen molar-refractivity contribution in [2.45, 2.75) is 44.4 Å². The van der Waals surface area contributed by atoms with Gasteiger partial charge in [-0.15, -0.1) is 0 Å². The summed E-state index contributed by atoms with van der Waals surface area (Å²) in [7, 11) is 0. The molecule has 2 fully saturated rings. The molecule has 0 bridgehead atoms. The van der Waals surface area contributed by atoms with Gasteiger partial charge in [-0.1, -0.05) is 30.3 Å². The van der Waals surface area contributed by atoms with Gasteiger partial charge in [0.05, 0.1) is 18.8 Å². The van der Waals surface area contributed by atoms with Gasteiger partial charge in [-0.25, -0.2) is 0 Å². The molecule has 3 atom stereocenters. The Morgan fingerprint density at radius 1 is 1.24 bits per heavy atom. The summed E-state index contributed by atoms with van der Waals surface area (Å²) in [4.78, 5) is 14.2. The summed E-state index contributed by atoms with van der Waals surface area (Å²) in [5.74, 6) is 1.50. The molecule has 1 aliphatic carbocycles. The Hall–Kier alpha value is -1.00. The first-order valence-electron chi connectivity index (χ1n) is 7.84. The van der Waals surface area contributed by atoms with Crippen LogP contribution in [0.25, 0.3) is 0 Å². The molecule has 3 nitrogen and oxygen atoms in total. The number of hydrogen-bond donors (Lipinski definition) is 1. The maximum Gasteiger partial charge on any atom is 0.223 e. The lowest BCUT2D eigenvalue weighted by Gasteiger charge is -2.30. The molecule has 0 aromatic heterocycles. The third-order valence-electron chi connectivity index (χ3n) is 4.62. The van der Waals surface area contributed by atoms with Crippen LogP contribution in [0.5, 0.6) is 0 Å². The van der Waals surface area contributed by atoms with Crippen LogP contribution in [0.4, 0.5) is 0 Å². The number of ether oxygens (including phenoxy) is 1. The number of hydrogen-bond acceptors (Lipinski definition) is 3. The van der Waals surface area contributed by atoms with E-state index in [1.54, 1.807) is 0 Å². The summed E-state index contributed by atoms with van der Waals surface area (Å²) < 4.78 is 6.12. The van der Waals surface area contributed by atoms with E-state index in [1.165, 1.54) is 5.56 Å². The highest BCUT2D eigenvalue weighted by Crippen LogP contribution is 2.32. The Balaban J connectivity index is 1.59. The van der Waals surface area contributed by atoms with E-state index in [4.69, 9.17) is 4.74 Å². The summed E-state index contributed by atoms with van der Waals surface area (Å²) >= 11 is 4.34. The summed E-state index contributed by atoms with van der Waals surface area (Å²) in [6, 6.07) is 10.5. The summed E-state index contributed by atoms with van der Waals surface area (Å²) in [6.07, 6.45) is 4.13. The van der Waals surface area contributed by atoms with Crippen molar-refractivity contribution in [3.05, 3.63) is 35.9 Å². The van der Waals surface area contributed by atoms with Gasteiger partial charge in [-0.3, -0.25) is 4.79 Å². The highest BCUT2D eigenvalue weighted by molar-refractivity contribution is 7.80. The standard InChI is InChI=1S/C17H23NO2S/c19-17-9-14(12-21)10-18(17)15-7-4-8-16(15)20-11-13-5-2-1-3-6-13/h1-3,5-6,14-16,21H,4,7-12H2. The van der Waals surface area contributed by atoms with E-state index < -0.39 is 0 Å². The maximum atomic E-state index is 12.2. The maximum absolute atomic E-state index is 12.2. The van der Waals surface area contributed by atoms with Gasteiger partial charge in [-0.05, 0) is 36.5 Å². The van der Waals surface area contributed by atoms with Crippen LogP contribution in [0.2, 0.25) is 0 Å². The molecule has 1 aromatic rings. The van der Waals surface area contributed by atoms with Crippen LogP contribution in [0.3, 0.4) is 0 Å². The zero-order chi connectivity index (χ0) is 14.7. The van der Waals surface area contributed by atoms with Crippen molar-refractivity contribution in [1.29, 1.82) is 0 Å². The second kappa shape index (κ2) is 6.84. The number of carbonyl (C=O) groups excluding carboxylic acids is 1. The minimum Gasteiger partial charge on any atom is -0.371 e. The number of rotatable bonds is 5. The summed E-state index contributed by atoms with van der Waals surface area (Å²) in [6.45, 7) is 1.50. The molecule has 0 N–H and O–H groups in total. The number of benzene rings is 1. The SMILES string of the molecule is O=C1CC(CS)CN1C1CCCC1OCc1ccccc1. The third kappa shape index (κ3) is 3.43. The number of thiol groups is 1. The van der Waals surface area contributed by atoms with Gasteiger partial charge in [0, 0.05) is 13.0 Å². The van der Waals surface area contributed by atoms with Crippen LogP contribution in [0, 0.1) is 5.92 Å². The Kier molecular flexibility index (Phi) is 4.86. The quantitative estimate of drug-likeness (QED) is 0.848. The van der Waals surface area contributed by atoms with Crippen molar-refractivity contribution in [2.24, 2.45) is 5.92 Å². The lowest BCUT2D eigenvalue weighted by atomic mass is 10.1. The fourth-order valence-corrected chi connectivity index (χ4v) is 3.73. The van der Waals surface area contributed by atoms with Crippen LogP contribution in [-0.2, 0) is 16.1 Å². The molecule has 1 saturated heterocycles. The average molecular weight is 305 g/mol. The Labute approximate surface area is 132 Å². The minimum atomic E-state index is 0.188. The van der Waals surface area contributed by atoms with Crippen molar-refractivity contribution in [3.63, 3.8) is 0 Å². The molecule has 4 heteroatoms. The van der Waals surface area contributed by atoms with E-state index in [9.17, 15) is 4.79 Å². The second-order valence-electron chi connectivity index (χ2n) is 6.13. The van der Waals surface area contributed by atoms with Crippen LogP contribution in [0.1, 0.15) is 31.2 Å². The summed E-state index contributed by atoms with van der Waals surface area (Å²) in [5.41, 5.74) is 1.20. The molecule has 114 valence electrons. The van der Waals surface area contributed by atoms with Crippen molar-refractivity contribution < 1.29 is 9.53 Å². The highest BCUT2D eigenvalue weighted by Gasteiger charge is 2.40. The van der Waals surface area contributed by atoms with E-state index in [-0.39, 0.29) is 18.1 Å². The van der Waals surface area contributed by atoms with E-state index in [0.717, 1.165) is 31.6 Å². The monoisotopic (exact) mass is 305 g/mol. The van der Waals surface area contributed by atoms with Gasteiger partial charge in [0.2, 0.25) is 5.91 Å². The third-order valence-corrected chi connectivity index (χ3v) is 5.14. The molecule has 1 saturated carbocycles. The molecule has 3 rings (SSSR count). The topological polar surface area (TPSA) is 29.5 Å². The van der Waals surface area contributed by atoms with Gasteiger partial charge in [0.1, 0.15) is 0 Å². The van der Waals surface area contributed by atoms with E-state index >= 15 is 0 Å². The first-order chi connectivity index (χ1) is 10.3. The van der Waals surface area contributed by atoms with Crippen molar-refractivity contribution >= 4 is 18.5 Å². The van der Waals surface area contributed by atoms with Crippen molar-refractivity contribution in [2.75, 3.05) is 12.3 Å². The van der Waals surface area contributed by atoms with Gasteiger partial charge in [-0.2, -0.15) is 12.6 Å². The molecule has 1 aromatic carbocycles. The second-order valence-corrected chi connectivity index (χ2v) is 6.50. The molecule has 0 spiro atoms. The van der Waals surface area contributed by atoms with Gasteiger partial charge >= 0.3 is 0 Å². The zero-order valence-corrected chi connectivity index (χ0v) is 13.2. The fraction of sp³-hybridized carbons (Fsp3) is 0.588. The molecular weight excluding hydrogens is 282 g/mol. The Bertz CT molecular complexity index is 479. The predicted octanol–water partition coefficient (Wildman–Crippen LogP) is 2.90. The molecule has 3 unspecified atom stereocenters. The Morgan fingerprint density at radius 2 is 2.05 bits per heavy atom. The zero-order valence-electron chi connectivity index (χ0n) is 12.3. The Morgan fingerprint density at radius 3 is 2.76 bits per heavy atom. The lowest BCUT2D eigenvalue weighted by molar-refractivity contribution is -0.132. The molecule has 1 heterocycles. The van der Waals surface area contributed by atoms with Crippen molar-refractivity contribution in [3.8, 4) is 0 Å². The fourth-order valence-electron chi connectivity index (χ4n) is 3.49. The van der Waals surface area contributed by atoms with E-state index in [0.29, 0.717) is 18.9 Å². The van der Waals surface area contributed by atoms with Crippen LogP contribution in [0.15, 0.2) is 30.3 Å². The molecule has 2 aliphatic rings.